The van der Waals surface area contributed by atoms with Crippen molar-refractivity contribution >= 4 is 22.7 Å². The van der Waals surface area contributed by atoms with Crippen LogP contribution in [0.2, 0.25) is 0 Å². The van der Waals surface area contributed by atoms with Crippen LogP contribution in [0.25, 0.3) is 22.4 Å². The van der Waals surface area contributed by atoms with Crippen LogP contribution in [-0.2, 0) is 13.1 Å². The molecule has 2 aromatic carbocycles. The van der Waals surface area contributed by atoms with E-state index in [9.17, 15) is 0 Å². The SMILES string of the molecule is CN=C(NCc1coc(-c2ccc(C)cc2)n1)NCc1cc(N(C)C)nc2ccccc12. The van der Waals surface area contributed by atoms with Gasteiger partial charge in [-0.25, -0.2) is 9.97 Å². The molecule has 0 radical (unpaired) electrons. The molecule has 0 saturated carbocycles. The van der Waals surface area contributed by atoms with Gasteiger partial charge in [-0.1, -0.05) is 35.9 Å². The van der Waals surface area contributed by atoms with E-state index in [-0.39, 0.29) is 0 Å². The predicted molar refractivity (Wildman–Crippen MR) is 130 cm³/mol. The molecular weight excluding hydrogens is 400 g/mol. The maximum atomic E-state index is 5.65. The molecule has 2 N–H and O–H groups in total. The summed E-state index contributed by atoms with van der Waals surface area (Å²) < 4.78 is 5.65. The van der Waals surface area contributed by atoms with Crippen LogP contribution in [0.15, 0.2) is 70.3 Å². The number of nitrogens with zero attached hydrogens (tertiary/aromatic N) is 4. The zero-order valence-corrected chi connectivity index (χ0v) is 18.9. The Bertz CT molecular complexity index is 1230. The summed E-state index contributed by atoms with van der Waals surface area (Å²) in [6, 6.07) is 18.4. The average molecular weight is 429 g/mol. The van der Waals surface area contributed by atoms with Gasteiger partial charge in [0.2, 0.25) is 5.89 Å². The summed E-state index contributed by atoms with van der Waals surface area (Å²) in [5, 5.41) is 7.82. The quantitative estimate of drug-likeness (QED) is 0.355. The Kier molecular flexibility index (Phi) is 6.35. The molecule has 0 spiro atoms. The van der Waals surface area contributed by atoms with E-state index in [0.29, 0.717) is 24.9 Å². The van der Waals surface area contributed by atoms with E-state index in [0.717, 1.165) is 33.5 Å². The molecule has 0 amide bonds. The highest BCUT2D eigenvalue weighted by Crippen LogP contribution is 2.22. The molecule has 0 saturated heterocycles. The average Bonchev–Trinajstić information content (AvgIpc) is 3.28. The lowest BCUT2D eigenvalue weighted by Crippen LogP contribution is -2.36. The van der Waals surface area contributed by atoms with E-state index in [2.05, 4.69) is 39.7 Å². The smallest absolute Gasteiger partial charge is 0.226 e. The van der Waals surface area contributed by atoms with Crippen molar-refractivity contribution in [3.05, 3.63) is 77.7 Å². The zero-order chi connectivity index (χ0) is 22.5. The number of nitrogens with one attached hydrogen (secondary N) is 2. The van der Waals surface area contributed by atoms with Gasteiger partial charge in [-0.05, 0) is 36.8 Å². The number of hydrogen-bond donors (Lipinski definition) is 2. The Morgan fingerprint density at radius 3 is 2.50 bits per heavy atom. The minimum absolute atomic E-state index is 0.509. The zero-order valence-electron chi connectivity index (χ0n) is 18.9. The molecule has 7 nitrogen and oxygen atoms in total. The third kappa shape index (κ3) is 4.88. The van der Waals surface area contributed by atoms with Gasteiger partial charge in [0.1, 0.15) is 12.1 Å². The molecular formula is C25H28N6O. The Morgan fingerprint density at radius 2 is 1.75 bits per heavy atom. The van der Waals surface area contributed by atoms with Gasteiger partial charge in [-0.3, -0.25) is 4.99 Å². The number of anilines is 1. The molecule has 0 aliphatic rings. The Morgan fingerprint density at radius 1 is 1.00 bits per heavy atom. The number of benzene rings is 2. The lowest BCUT2D eigenvalue weighted by atomic mass is 10.1. The number of rotatable bonds is 6. The van der Waals surface area contributed by atoms with Gasteiger partial charge in [0.15, 0.2) is 5.96 Å². The molecule has 0 fully saturated rings. The normalized spacial score (nSPS) is 11.6. The van der Waals surface area contributed by atoms with E-state index >= 15 is 0 Å². The lowest BCUT2D eigenvalue weighted by Gasteiger charge is -2.16. The van der Waals surface area contributed by atoms with Gasteiger partial charge in [0.05, 0.1) is 17.8 Å². The molecule has 0 bridgehead atoms. The van der Waals surface area contributed by atoms with Crippen LogP contribution in [0.4, 0.5) is 5.82 Å². The van der Waals surface area contributed by atoms with Crippen molar-refractivity contribution in [2.45, 2.75) is 20.0 Å². The summed E-state index contributed by atoms with van der Waals surface area (Å²) in [4.78, 5) is 15.7. The van der Waals surface area contributed by atoms with Gasteiger partial charge in [-0.15, -0.1) is 0 Å². The number of pyridine rings is 1. The second-order valence-electron chi connectivity index (χ2n) is 7.84. The molecule has 0 aliphatic carbocycles. The van der Waals surface area contributed by atoms with Crippen molar-refractivity contribution in [1.82, 2.24) is 20.6 Å². The molecule has 0 atom stereocenters. The fourth-order valence-electron chi connectivity index (χ4n) is 3.40. The molecule has 164 valence electrons. The van der Waals surface area contributed by atoms with Gasteiger partial charge in [0, 0.05) is 38.6 Å². The van der Waals surface area contributed by atoms with Crippen LogP contribution in [0.3, 0.4) is 0 Å². The summed E-state index contributed by atoms with van der Waals surface area (Å²) in [5.41, 5.74) is 5.12. The molecule has 32 heavy (non-hydrogen) atoms. The van der Waals surface area contributed by atoms with Crippen LogP contribution >= 0.6 is 0 Å². The van der Waals surface area contributed by atoms with Crippen LogP contribution in [0.1, 0.15) is 16.8 Å². The minimum Gasteiger partial charge on any atom is -0.444 e. The van der Waals surface area contributed by atoms with Crippen molar-refractivity contribution in [2.24, 2.45) is 4.99 Å². The fraction of sp³-hybridized carbons (Fsp3) is 0.240. The molecule has 2 heterocycles. The highest BCUT2D eigenvalue weighted by atomic mass is 16.3. The van der Waals surface area contributed by atoms with Crippen LogP contribution in [0, 0.1) is 6.92 Å². The first-order valence-electron chi connectivity index (χ1n) is 10.6. The standard InChI is InChI=1S/C25H28N6O/c1-17-9-11-18(12-10-17)24-29-20(16-32-24)15-28-25(26-2)27-14-19-13-23(31(3)4)30-22-8-6-5-7-21(19)22/h5-13,16H,14-15H2,1-4H3,(H2,26,27,28). The number of aromatic nitrogens is 2. The van der Waals surface area contributed by atoms with Crippen LogP contribution in [0.5, 0.6) is 0 Å². The highest BCUT2D eigenvalue weighted by molar-refractivity contribution is 5.85. The van der Waals surface area contributed by atoms with Gasteiger partial charge < -0.3 is 20.0 Å². The van der Waals surface area contributed by atoms with E-state index in [1.165, 1.54) is 5.56 Å². The summed E-state index contributed by atoms with van der Waals surface area (Å²) >= 11 is 0. The van der Waals surface area contributed by atoms with E-state index < -0.39 is 0 Å². The fourth-order valence-corrected chi connectivity index (χ4v) is 3.40. The third-order valence-electron chi connectivity index (χ3n) is 5.20. The first kappa shape index (κ1) is 21.4. The third-order valence-corrected chi connectivity index (χ3v) is 5.20. The summed E-state index contributed by atoms with van der Waals surface area (Å²) in [6.45, 7) is 3.19. The largest absolute Gasteiger partial charge is 0.444 e. The molecule has 2 aromatic heterocycles. The van der Waals surface area contributed by atoms with Crippen molar-refractivity contribution < 1.29 is 4.42 Å². The predicted octanol–water partition coefficient (Wildman–Crippen LogP) is 4.13. The Balaban J connectivity index is 1.42. The van der Waals surface area contributed by atoms with Gasteiger partial charge >= 0.3 is 0 Å². The van der Waals surface area contributed by atoms with Crippen molar-refractivity contribution in [2.75, 3.05) is 26.0 Å². The maximum absolute atomic E-state index is 5.65. The molecule has 0 aliphatic heterocycles. The summed E-state index contributed by atoms with van der Waals surface area (Å²) in [7, 11) is 5.75. The minimum atomic E-state index is 0.509. The van der Waals surface area contributed by atoms with Crippen molar-refractivity contribution in [1.29, 1.82) is 0 Å². The number of aryl methyl sites for hydroxylation is 1. The molecule has 7 heteroatoms. The van der Waals surface area contributed by atoms with Gasteiger partial charge in [-0.2, -0.15) is 0 Å². The van der Waals surface area contributed by atoms with E-state index in [4.69, 9.17) is 9.40 Å². The number of oxazole rings is 1. The highest BCUT2D eigenvalue weighted by Gasteiger charge is 2.10. The number of guanidine groups is 1. The lowest BCUT2D eigenvalue weighted by molar-refractivity contribution is 0.572. The Hall–Kier alpha value is -3.87. The first-order chi connectivity index (χ1) is 15.5. The summed E-state index contributed by atoms with van der Waals surface area (Å²) in [6.07, 6.45) is 1.68. The van der Waals surface area contributed by atoms with E-state index in [1.54, 1.807) is 13.3 Å². The topological polar surface area (TPSA) is 78.6 Å². The second-order valence-corrected chi connectivity index (χ2v) is 7.84. The summed E-state index contributed by atoms with van der Waals surface area (Å²) in [5.74, 6) is 2.23. The molecule has 4 rings (SSSR count). The monoisotopic (exact) mass is 428 g/mol. The maximum Gasteiger partial charge on any atom is 0.226 e. The Labute approximate surface area is 188 Å². The number of fused-ring (bicyclic) bond motifs is 1. The number of para-hydroxylation sites is 1. The van der Waals surface area contributed by atoms with Gasteiger partial charge in [0.25, 0.3) is 0 Å². The molecule has 0 unspecified atom stereocenters. The number of aliphatic imine (C=N–C) groups is 1. The molecule has 4 aromatic rings. The van der Waals surface area contributed by atoms with Crippen molar-refractivity contribution in [3.8, 4) is 11.5 Å². The van der Waals surface area contributed by atoms with Crippen LogP contribution in [-0.4, -0.2) is 37.1 Å². The first-order valence-corrected chi connectivity index (χ1v) is 10.6. The van der Waals surface area contributed by atoms with E-state index in [1.807, 2.05) is 61.5 Å². The van der Waals surface area contributed by atoms with Crippen LogP contribution < -0.4 is 15.5 Å². The van der Waals surface area contributed by atoms with Crippen molar-refractivity contribution in [3.63, 3.8) is 0 Å². The number of hydrogen-bond acceptors (Lipinski definition) is 5. The second kappa shape index (κ2) is 9.51.